The molecule has 0 saturated carbocycles. The van der Waals surface area contributed by atoms with E-state index in [1.54, 1.807) is 0 Å². The van der Waals surface area contributed by atoms with Crippen LogP contribution < -0.4 is 5.73 Å². The molecule has 4 heteroatoms. The number of nitrogens with two attached hydrogens (primary N) is 1. The molecular formula is C20H28N2OSi. The number of hydrogen-bond acceptors (Lipinski definition) is 2. The lowest BCUT2D eigenvalue weighted by Gasteiger charge is -2.34. The number of rotatable bonds is 8. The molecule has 0 aliphatic heterocycles. The van der Waals surface area contributed by atoms with Crippen LogP contribution in [0.1, 0.15) is 11.1 Å². The van der Waals surface area contributed by atoms with E-state index in [9.17, 15) is 4.79 Å². The number of primary amides is 1. The summed E-state index contributed by atoms with van der Waals surface area (Å²) < 4.78 is 0. The van der Waals surface area contributed by atoms with Gasteiger partial charge in [-0.05, 0) is 23.7 Å². The van der Waals surface area contributed by atoms with Crippen LogP contribution in [0.5, 0.6) is 0 Å². The van der Waals surface area contributed by atoms with Gasteiger partial charge in [0.1, 0.15) is 0 Å². The van der Waals surface area contributed by atoms with Gasteiger partial charge in [-0.25, -0.2) is 0 Å². The molecule has 0 bridgehead atoms. The predicted octanol–water partition coefficient (Wildman–Crippen LogP) is 3.46. The molecule has 0 spiro atoms. The highest BCUT2D eigenvalue weighted by Gasteiger charge is 2.28. The summed E-state index contributed by atoms with van der Waals surface area (Å²) in [5.74, 6) is -0.243. The number of carbonyl (C=O) groups excluding carboxylic acids is 1. The summed E-state index contributed by atoms with van der Waals surface area (Å²) in [6.07, 6.45) is 1.61. The summed E-state index contributed by atoms with van der Waals surface area (Å²) in [5, 5.41) is 0. The SMILES string of the molecule is C[Si](C)(C)CN(Cc1ccccc1)[C@@H](Cc1ccccc1)C(N)=O. The summed E-state index contributed by atoms with van der Waals surface area (Å²) in [7, 11) is -1.38. The van der Waals surface area contributed by atoms with E-state index in [-0.39, 0.29) is 11.9 Å². The third kappa shape index (κ3) is 5.94. The van der Waals surface area contributed by atoms with Crippen LogP contribution in [0.25, 0.3) is 0 Å². The summed E-state index contributed by atoms with van der Waals surface area (Å²) in [5.41, 5.74) is 8.16. The monoisotopic (exact) mass is 340 g/mol. The Morgan fingerprint density at radius 1 is 0.958 bits per heavy atom. The van der Waals surface area contributed by atoms with E-state index in [0.717, 1.165) is 18.3 Å². The maximum atomic E-state index is 12.2. The molecule has 128 valence electrons. The normalized spacial score (nSPS) is 13.0. The first kappa shape index (κ1) is 18.4. The van der Waals surface area contributed by atoms with Gasteiger partial charge in [0, 0.05) is 6.54 Å². The maximum Gasteiger partial charge on any atom is 0.235 e. The Balaban J connectivity index is 2.25. The second-order valence-corrected chi connectivity index (χ2v) is 13.0. The Bertz CT molecular complexity index is 638. The molecule has 0 heterocycles. The quantitative estimate of drug-likeness (QED) is 0.748. The van der Waals surface area contributed by atoms with Crippen molar-refractivity contribution in [3.63, 3.8) is 0 Å². The van der Waals surface area contributed by atoms with Crippen LogP contribution in [0.4, 0.5) is 0 Å². The van der Waals surface area contributed by atoms with Gasteiger partial charge in [0.25, 0.3) is 0 Å². The minimum absolute atomic E-state index is 0.243. The number of amides is 1. The van der Waals surface area contributed by atoms with E-state index in [1.807, 2.05) is 36.4 Å². The molecule has 1 atom stereocenters. The zero-order valence-electron chi connectivity index (χ0n) is 14.9. The van der Waals surface area contributed by atoms with E-state index < -0.39 is 8.07 Å². The number of benzene rings is 2. The van der Waals surface area contributed by atoms with Crippen LogP contribution >= 0.6 is 0 Å². The molecule has 0 unspecified atom stereocenters. The lowest BCUT2D eigenvalue weighted by atomic mass is 10.0. The Kier molecular flexibility index (Phi) is 6.34. The highest BCUT2D eigenvalue weighted by molar-refractivity contribution is 6.76. The highest BCUT2D eigenvalue weighted by Crippen LogP contribution is 2.16. The Morgan fingerprint density at radius 2 is 1.46 bits per heavy atom. The molecule has 0 fully saturated rings. The minimum Gasteiger partial charge on any atom is -0.368 e. The van der Waals surface area contributed by atoms with Gasteiger partial charge in [-0.2, -0.15) is 0 Å². The van der Waals surface area contributed by atoms with Gasteiger partial charge in [-0.1, -0.05) is 80.3 Å². The van der Waals surface area contributed by atoms with Crippen molar-refractivity contribution < 1.29 is 4.79 Å². The molecular weight excluding hydrogens is 312 g/mol. The summed E-state index contributed by atoms with van der Waals surface area (Å²) in [4.78, 5) is 14.5. The van der Waals surface area contributed by atoms with Gasteiger partial charge in [-0.3, -0.25) is 9.69 Å². The zero-order valence-corrected chi connectivity index (χ0v) is 15.9. The lowest BCUT2D eigenvalue weighted by Crippen LogP contribution is -2.51. The van der Waals surface area contributed by atoms with E-state index in [1.165, 1.54) is 5.56 Å². The van der Waals surface area contributed by atoms with Crippen LogP contribution in [0, 0.1) is 0 Å². The molecule has 24 heavy (non-hydrogen) atoms. The molecule has 1 amide bonds. The zero-order chi connectivity index (χ0) is 17.6. The van der Waals surface area contributed by atoms with Crippen molar-refractivity contribution in [2.75, 3.05) is 6.17 Å². The standard InChI is InChI=1S/C20H28N2OSi/c1-24(2,3)16-22(15-18-12-8-5-9-13-18)19(20(21)23)14-17-10-6-4-7-11-17/h4-13,19H,14-16H2,1-3H3,(H2,21,23)/t19-/m0/s1. The van der Waals surface area contributed by atoms with Crippen molar-refractivity contribution in [1.29, 1.82) is 0 Å². The minimum atomic E-state index is -1.38. The summed E-state index contributed by atoms with van der Waals surface area (Å²) in [6, 6.07) is 20.2. The third-order valence-corrected chi connectivity index (χ3v) is 5.30. The Labute approximate surface area is 146 Å². The van der Waals surface area contributed by atoms with Gasteiger partial charge >= 0.3 is 0 Å². The van der Waals surface area contributed by atoms with E-state index >= 15 is 0 Å². The average molecular weight is 341 g/mol. The predicted molar refractivity (Wildman–Crippen MR) is 103 cm³/mol. The molecule has 2 N–H and O–H groups in total. The molecule has 2 rings (SSSR count). The smallest absolute Gasteiger partial charge is 0.235 e. The van der Waals surface area contributed by atoms with E-state index in [0.29, 0.717) is 6.42 Å². The Hall–Kier alpha value is -1.91. The van der Waals surface area contributed by atoms with Crippen LogP contribution in [-0.4, -0.2) is 31.1 Å². The lowest BCUT2D eigenvalue weighted by molar-refractivity contribution is -0.123. The van der Waals surface area contributed by atoms with Crippen LogP contribution in [0.2, 0.25) is 19.6 Å². The molecule has 3 nitrogen and oxygen atoms in total. The van der Waals surface area contributed by atoms with Gasteiger partial charge < -0.3 is 5.73 Å². The van der Waals surface area contributed by atoms with E-state index in [4.69, 9.17) is 5.73 Å². The van der Waals surface area contributed by atoms with E-state index in [2.05, 4.69) is 48.8 Å². The van der Waals surface area contributed by atoms with Gasteiger partial charge in [0.05, 0.1) is 14.1 Å². The van der Waals surface area contributed by atoms with Crippen LogP contribution in [0.15, 0.2) is 60.7 Å². The van der Waals surface area contributed by atoms with Crippen molar-refractivity contribution in [3.05, 3.63) is 71.8 Å². The molecule has 0 aromatic heterocycles. The Morgan fingerprint density at radius 3 is 1.92 bits per heavy atom. The maximum absolute atomic E-state index is 12.2. The number of carbonyl (C=O) groups is 1. The number of hydrogen-bond donors (Lipinski definition) is 1. The molecule has 0 aliphatic rings. The first-order valence-corrected chi connectivity index (χ1v) is 12.2. The first-order chi connectivity index (χ1) is 11.3. The van der Waals surface area contributed by atoms with Gasteiger partial charge in [-0.15, -0.1) is 0 Å². The molecule has 0 saturated heterocycles. The summed E-state index contributed by atoms with van der Waals surface area (Å²) in [6.45, 7) is 7.73. The second-order valence-electron chi connectivity index (χ2n) is 7.56. The van der Waals surface area contributed by atoms with Crippen molar-refractivity contribution in [2.45, 2.75) is 38.6 Å². The molecule has 2 aromatic carbocycles. The first-order valence-electron chi connectivity index (χ1n) is 8.46. The molecule has 0 aliphatic carbocycles. The van der Waals surface area contributed by atoms with Crippen molar-refractivity contribution in [2.24, 2.45) is 5.73 Å². The van der Waals surface area contributed by atoms with Crippen LogP contribution in [-0.2, 0) is 17.8 Å². The van der Waals surface area contributed by atoms with Crippen molar-refractivity contribution >= 4 is 14.0 Å². The van der Waals surface area contributed by atoms with Gasteiger partial charge in [0.15, 0.2) is 0 Å². The van der Waals surface area contributed by atoms with Crippen molar-refractivity contribution in [3.8, 4) is 0 Å². The fraction of sp³-hybridized carbons (Fsp3) is 0.350. The highest BCUT2D eigenvalue weighted by atomic mass is 28.3. The molecule has 2 aromatic rings. The number of nitrogens with zero attached hydrogens (tertiary/aromatic N) is 1. The second kappa shape index (κ2) is 8.26. The fourth-order valence-electron chi connectivity index (χ4n) is 2.95. The fourth-order valence-corrected chi connectivity index (χ4v) is 4.50. The third-order valence-electron chi connectivity index (χ3n) is 3.95. The average Bonchev–Trinajstić information content (AvgIpc) is 2.52. The van der Waals surface area contributed by atoms with Crippen molar-refractivity contribution in [1.82, 2.24) is 4.90 Å². The topological polar surface area (TPSA) is 46.3 Å². The molecule has 0 radical (unpaired) electrons. The largest absolute Gasteiger partial charge is 0.368 e. The summed E-state index contributed by atoms with van der Waals surface area (Å²) >= 11 is 0. The van der Waals surface area contributed by atoms with Gasteiger partial charge in [0.2, 0.25) is 5.91 Å². The van der Waals surface area contributed by atoms with Crippen LogP contribution in [0.3, 0.4) is 0 Å².